The lowest BCUT2D eigenvalue weighted by molar-refractivity contribution is 0.660. The molecule has 3 heteroatoms. The Balaban J connectivity index is 1.02. The van der Waals surface area contributed by atoms with Gasteiger partial charge in [0, 0.05) is 22.1 Å². The summed E-state index contributed by atoms with van der Waals surface area (Å²) in [5.74, 6) is 1.91. The highest BCUT2D eigenvalue weighted by Crippen LogP contribution is 2.49. The highest BCUT2D eigenvalue weighted by molar-refractivity contribution is 5.84. The number of fused-ring (bicyclic) bond motifs is 3. The Morgan fingerprint density at radius 3 is 1.16 bits per heavy atom. The van der Waals surface area contributed by atoms with Crippen LogP contribution in [0.25, 0.3) is 89.8 Å². The van der Waals surface area contributed by atoms with E-state index >= 15 is 0 Å². The van der Waals surface area contributed by atoms with Gasteiger partial charge >= 0.3 is 0 Å². The summed E-state index contributed by atoms with van der Waals surface area (Å²) < 4.78 is 0. The van der Waals surface area contributed by atoms with Gasteiger partial charge in [0.2, 0.25) is 0 Å². The van der Waals surface area contributed by atoms with Crippen LogP contribution in [-0.4, -0.2) is 15.0 Å². The smallest absolute Gasteiger partial charge is 0.164 e. The highest BCUT2D eigenvalue weighted by Gasteiger charge is 2.35. The van der Waals surface area contributed by atoms with Gasteiger partial charge in [-0.3, -0.25) is 0 Å². The van der Waals surface area contributed by atoms with Gasteiger partial charge in [-0.2, -0.15) is 0 Å². The van der Waals surface area contributed by atoms with Gasteiger partial charge in [0.1, 0.15) is 0 Å². The molecule has 1 heterocycles. The number of hydrogen-bond donors (Lipinski definition) is 0. The molecule has 1 aliphatic rings. The summed E-state index contributed by atoms with van der Waals surface area (Å²) in [5, 5.41) is 0. The monoisotopic (exact) mass is 729 g/mol. The van der Waals surface area contributed by atoms with Gasteiger partial charge < -0.3 is 0 Å². The molecule has 0 saturated carbocycles. The molecule has 10 rings (SSSR count). The standard InChI is InChI=1S/C54H39N3/c1-54(2)49-22-10-9-21-47(49)48-32-31-45(35-50(48)54)39-25-29-41(30-26-39)52-55-51(56-53(57-52)46-20-12-19-44(34-46)37-15-7-4-8-16-37)40-27-23-38(24-28-40)43-18-11-17-42(33-43)36-13-5-3-6-14-36/h3-35H,1-2H3. The van der Waals surface area contributed by atoms with E-state index in [1.54, 1.807) is 0 Å². The van der Waals surface area contributed by atoms with Crippen molar-refractivity contribution in [2.24, 2.45) is 0 Å². The van der Waals surface area contributed by atoms with Crippen LogP contribution in [0, 0.1) is 0 Å². The molecule has 0 atom stereocenters. The maximum absolute atomic E-state index is 5.11. The summed E-state index contributed by atoms with van der Waals surface area (Å²) in [6, 6.07) is 70.9. The van der Waals surface area contributed by atoms with E-state index < -0.39 is 0 Å². The van der Waals surface area contributed by atoms with Crippen molar-refractivity contribution in [1.29, 1.82) is 0 Å². The Bertz CT molecular complexity index is 2890. The lowest BCUT2D eigenvalue weighted by Gasteiger charge is -2.22. The van der Waals surface area contributed by atoms with Crippen LogP contribution in [0.2, 0.25) is 0 Å². The van der Waals surface area contributed by atoms with E-state index in [1.807, 2.05) is 12.1 Å². The molecule has 0 spiro atoms. The van der Waals surface area contributed by atoms with Crippen molar-refractivity contribution in [3.63, 3.8) is 0 Å². The van der Waals surface area contributed by atoms with Crippen molar-refractivity contribution >= 4 is 0 Å². The van der Waals surface area contributed by atoms with Crippen LogP contribution in [0.5, 0.6) is 0 Å². The Morgan fingerprint density at radius 1 is 0.263 bits per heavy atom. The predicted molar refractivity (Wildman–Crippen MR) is 235 cm³/mol. The van der Waals surface area contributed by atoms with Gasteiger partial charge in [0.15, 0.2) is 17.5 Å². The molecule has 0 amide bonds. The average molecular weight is 730 g/mol. The maximum Gasteiger partial charge on any atom is 0.164 e. The Labute approximate surface area is 334 Å². The molecule has 0 fully saturated rings. The van der Waals surface area contributed by atoms with Gasteiger partial charge in [-0.05, 0) is 85.0 Å². The number of rotatable bonds is 7. The van der Waals surface area contributed by atoms with Gasteiger partial charge in [-0.15, -0.1) is 0 Å². The van der Waals surface area contributed by atoms with Crippen LogP contribution in [0.3, 0.4) is 0 Å². The maximum atomic E-state index is 5.11. The van der Waals surface area contributed by atoms with E-state index in [9.17, 15) is 0 Å². The second kappa shape index (κ2) is 14.1. The Kier molecular flexibility index (Phi) is 8.49. The van der Waals surface area contributed by atoms with Crippen LogP contribution in [-0.2, 0) is 5.41 Å². The summed E-state index contributed by atoms with van der Waals surface area (Å²) in [6.45, 7) is 4.65. The van der Waals surface area contributed by atoms with Crippen molar-refractivity contribution in [2.45, 2.75) is 19.3 Å². The Morgan fingerprint density at radius 2 is 0.614 bits per heavy atom. The molecule has 0 aliphatic heterocycles. The quantitative estimate of drug-likeness (QED) is 0.164. The van der Waals surface area contributed by atoms with Crippen LogP contribution in [0.1, 0.15) is 25.0 Å². The van der Waals surface area contributed by atoms with Crippen molar-refractivity contribution < 1.29 is 0 Å². The number of hydrogen-bond acceptors (Lipinski definition) is 3. The molecular formula is C54H39N3. The normalized spacial score (nSPS) is 12.5. The summed E-state index contributed by atoms with van der Waals surface area (Å²) in [4.78, 5) is 15.3. The minimum atomic E-state index is -0.0538. The number of benzene rings is 8. The fraction of sp³-hybridized carbons (Fsp3) is 0.0556. The number of aromatic nitrogens is 3. The highest BCUT2D eigenvalue weighted by atomic mass is 15.0. The van der Waals surface area contributed by atoms with E-state index in [4.69, 9.17) is 15.0 Å². The topological polar surface area (TPSA) is 38.7 Å². The molecule has 1 aromatic heterocycles. The summed E-state index contributed by atoms with van der Waals surface area (Å²) in [6.07, 6.45) is 0. The van der Waals surface area contributed by atoms with Crippen LogP contribution < -0.4 is 0 Å². The summed E-state index contributed by atoms with van der Waals surface area (Å²) in [7, 11) is 0. The lowest BCUT2D eigenvalue weighted by Crippen LogP contribution is -2.14. The minimum Gasteiger partial charge on any atom is -0.208 e. The first-order valence-corrected chi connectivity index (χ1v) is 19.5. The molecule has 0 radical (unpaired) electrons. The molecule has 0 bridgehead atoms. The van der Waals surface area contributed by atoms with E-state index in [1.165, 1.54) is 38.9 Å². The van der Waals surface area contributed by atoms with Gasteiger partial charge in [0.25, 0.3) is 0 Å². The second-order valence-corrected chi connectivity index (χ2v) is 15.3. The first-order chi connectivity index (χ1) is 28.0. The van der Waals surface area contributed by atoms with Gasteiger partial charge in [-0.25, -0.2) is 15.0 Å². The third kappa shape index (κ3) is 6.43. The second-order valence-electron chi connectivity index (χ2n) is 15.3. The molecule has 270 valence electrons. The average Bonchev–Trinajstić information content (AvgIpc) is 3.52. The largest absolute Gasteiger partial charge is 0.208 e. The summed E-state index contributed by atoms with van der Waals surface area (Å²) >= 11 is 0. The van der Waals surface area contributed by atoms with Crippen molar-refractivity contribution in [3.8, 4) is 89.8 Å². The minimum absolute atomic E-state index is 0.0538. The van der Waals surface area contributed by atoms with E-state index in [2.05, 4.69) is 202 Å². The molecule has 0 unspecified atom stereocenters. The molecule has 9 aromatic rings. The fourth-order valence-corrected chi connectivity index (χ4v) is 8.25. The van der Waals surface area contributed by atoms with Crippen molar-refractivity contribution in [2.75, 3.05) is 0 Å². The molecule has 0 N–H and O–H groups in total. The summed E-state index contributed by atoms with van der Waals surface area (Å²) in [5.41, 5.74) is 17.5. The van der Waals surface area contributed by atoms with Crippen LogP contribution in [0.15, 0.2) is 200 Å². The zero-order chi connectivity index (χ0) is 38.3. The van der Waals surface area contributed by atoms with E-state index in [0.717, 1.165) is 44.5 Å². The zero-order valence-corrected chi connectivity index (χ0v) is 31.9. The molecule has 57 heavy (non-hydrogen) atoms. The van der Waals surface area contributed by atoms with Crippen molar-refractivity contribution in [1.82, 2.24) is 15.0 Å². The first kappa shape index (κ1) is 34.3. The lowest BCUT2D eigenvalue weighted by atomic mass is 9.81. The third-order valence-corrected chi connectivity index (χ3v) is 11.4. The molecule has 3 nitrogen and oxygen atoms in total. The molecule has 8 aromatic carbocycles. The molecule has 0 saturated heterocycles. The SMILES string of the molecule is CC1(C)c2ccccc2-c2ccc(-c3ccc(-c4nc(-c5ccc(-c6cccc(-c7ccccc7)c6)cc5)nc(-c5cccc(-c6ccccc6)c5)n4)cc3)cc21. The van der Waals surface area contributed by atoms with Gasteiger partial charge in [0.05, 0.1) is 0 Å². The number of nitrogens with zero attached hydrogens (tertiary/aromatic N) is 3. The Hall–Kier alpha value is -7.23. The van der Waals surface area contributed by atoms with E-state index in [-0.39, 0.29) is 5.41 Å². The fourth-order valence-electron chi connectivity index (χ4n) is 8.25. The zero-order valence-electron chi connectivity index (χ0n) is 31.9. The van der Waals surface area contributed by atoms with E-state index in [0.29, 0.717) is 17.5 Å². The van der Waals surface area contributed by atoms with Crippen LogP contribution >= 0.6 is 0 Å². The van der Waals surface area contributed by atoms with Crippen LogP contribution in [0.4, 0.5) is 0 Å². The molecule has 1 aliphatic carbocycles. The first-order valence-electron chi connectivity index (χ1n) is 19.5. The predicted octanol–water partition coefficient (Wildman–Crippen LogP) is 13.8. The van der Waals surface area contributed by atoms with Crippen molar-refractivity contribution in [3.05, 3.63) is 211 Å². The third-order valence-electron chi connectivity index (χ3n) is 11.4. The molecular weight excluding hydrogens is 691 g/mol. The van der Waals surface area contributed by atoms with Gasteiger partial charge in [-0.1, -0.05) is 196 Å².